The van der Waals surface area contributed by atoms with Crippen LogP contribution in [0.5, 0.6) is 0 Å². The first-order chi connectivity index (χ1) is 10.4. The molecule has 122 valence electrons. The smallest absolute Gasteiger partial charge is 0.328 e. The summed E-state index contributed by atoms with van der Waals surface area (Å²) in [4.78, 5) is 25.7. The van der Waals surface area contributed by atoms with Crippen LogP contribution in [0.4, 0.5) is 0 Å². The average Bonchev–Trinajstić information content (AvgIpc) is 2.88. The summed E-state index contributed by atoms with van der Waals surface area (Å²) in [6.45, 7) is 6.30. The standard InChI is InChI=1S/C17H25NO3S/c1-10(2)7-14(17(20)21-4)18-16(19)13-9-22-15-8-11(3)5-6-12(13)15/h9-11,14H,5-8H2,1-4H3,(H,18,19)/t11-,14+/m0/s1. The second-order valence-electron chi connectivity index (χ2n) is 6.58. The Bertz CT molecular complexity index is 550. The van der Waals surface area contributed by atoms with Gasteiger partial charge in [-0.1, -0.05) is 20.8 Å². The van der Waals surface area contributed by atoms with Gasteiger partial charge in [0.15, 0.2) is 0 Å². The normalized spacial score (nSPS) is 18.7. The molecule has 1 amide bonds. The Balaban J connectivity index is 2.12. The maximum absolute atomic E-state index is 12.6. The Morgan fingerprint density at radius 2 is 2.18 bits per heavy atom. The number of carbonyl (C=O) groups excluding carboxylic acids is 2. The average molecular weight is 323 g/mol. The lowest BCUT2D eigenvalue weighted by Crippen LogP contribution is -2.42. The summed E-state index contributed by atoms with van der Waals surface area (Å²) in [6, 6.07) is -0.574. The summed E-state index contributed by atoms with van der Waals surface area (Å²) in [5, 5.41) is 4.79. The number of esters is 1. The van der Waals surface area contributed by atoms with Gasteiger partial charge in [-0.2, -0.15) is 0 Å². The van der Waals surface area contributed by atoms with Crippen molar-refractivity contribution in [3.05, 3.63) is 21.4 Å². The Morgan fingerprint density at radius 3 is 2.82 bits per heavy atom. The van der Waals surface area contributed by atoms with Crippen LogP contribution in [0.1, 0.15) is 54.4 Å². The Kier molecular flexibility index (Phi) is 5.62. The predicted molar refractivity (Wildman–Crippen MR) is 88.2 cm³/mol. The summed E-state index contributed by atoms with van der Waals surface area (Å²) < 4.78 is 4.81. The molecule has 0 aliphatic heterocycles. The maximum Gasteiger partial charge on any atom is 0.328 e. The van der Waals surface area contributed by atoms with Crippen molar-refractivity contribution in [3.63, 3.8) is 0 Å². The molecule has 0 saturated heterocycles. The molecular formula is C17H25NO3S. The van der Waals surface area contributed by atoms with E-state index in [1.807, 2.05) is 19.2 Å². The highest BCUT2D eigenvalue weighted by atomic mass is 32.1. The molecule has 1 aliphatic carbocycles. The Hall–Kier alpha value is -1.36. The van der Waals surface area contributed by atoms with Crippen LogP contribution < -0.4 is 5.32 Å². The first kappa shape index (κ1) is 17.0. The van der Waals surface area contributed by atoms with Gasteiger partial charge >= 0.3 is 5.97 Å². The summed E-state index contributed by atoms with van der Waals surface area (Å²) in [5.74, 6) is 0.468. The molecule has 4 nitrogen and oxygen atoms in total. The van der Waals surface area contributed by atoms with Gasteiger partial charge in [0.25, 0.3) is 5.91 Å². The number of ether oxygens (including phenoxy) is 1. The highest BCUT2D eigenvalue weighted by Crippen LogP contribution is 2.32. The van der Waals surface area contributed by atoms with E-state index in [9.17, 15) is 9.59 Å². The van der Waals surface area contributed by atoms with Crippen LogP contribution in [-0.4, -0.2) is 25.0 Å². The van der Waals surface area contributed by atoms with Gasteiger partial charge in [-0.25, -0.2) is 4.79 Å². The minimum absolute atomic E-state index is 0.150. The van der Waals surface area contributed by atoms with E-state index in [1.165, 1.54) is 17.6 Å². The summed E-state index contributed by atoms with van der Waals surface area (Å²) in [5.41, 5.74) is 1.92. The molecule has 0 unspecified atom stereocenters. The van der Waals surface area contributed by atoms with Gasteiger partial charge < -0.3 is 10.1 Å². The van der Waals surface area contributed by atoms with Crippen LogP contribution >= 0.6 is 11.3 Å². The lowest BCUT2D eigenvalue weighted by atomic mass is 9.88. The molecule has 0 bridgehead atoms. The fourth-order valence-corrected chi connectivity index (χ4v) is 4.18. The van der Waals surface area contributed by atoms with Gasteiger partial charge in [-0.15, -0.1) is 11.3 Å². The minimum atomic E-state index is -0.574. The van der Waals surface area contributed by atoms with Gasteiger partial charge in [-0.3, -0.25) is 4.79 Å². The molecule has 5 heteroatoms. The molecule has 1 heterocycles. The quantitative estimate of drug-likeness (QED) is 0.847. The van der Waals surface area contributed by atoms with Crippen LogP contribution in [0.2, 0.25) is 0 Å². The van der Waals surface area contributed by atoms with Gasteiger partial charge in [0.1, 0.15) is 6.04 Å². The van der Waals surface area contributed by atoms with Crippen LogP contribution in [0, 0.1) is 11.8 Å². The molecule has 0 aromatic carbocycles. The predicted octanol–water partition coefficient (Wildman–Crippen LogP) is 3.19. The molecule has 1 aromatic rings. The van der Waals surface area contributed by atoms with E-state index in [2.05, 4.69) is 12.2 Å². The molecule has 2 atom stereocenters. The van der Waals surface area contributed by atoms with Crippen molar-refractivity contribution in [1.82, 2.24) is 5.32 Å². The van der Waals surface area contributed by atoms with E-state index in [0.717, 1.165) is 24.8 Å². The number of hydrogen-bond donors (Lipinski definition) is 1. The van der Waals surface area contributed by atoms with Gasteiger partial charge in [0.2, 0.25) is 0 Å². The third-order valence-electron chi connectivity index (χ3n) is 4.14. The zero-order chi connectivity index (χ0) is 16.3. The number of methoxy groups -OCH3 is 1. The second-order valence-corrected chi connectivity index (χ2v) is 7.54. The van der Waals surface area contributed by atoms with Crippen LogP contribution in [0.3, 0.4) is 0 Å². The molecule has 1 aliphatic rings. The largest absolute Gasteiger partial charge is 0.467 e. The summed E-state index contributed by atoms with van der Waals surface area (Å²) >= 11 is 1.66. The maximum atomic E-state index is 12.6. The third kappa shape index (κ3) is 3.88. The number of hydrogen-bond acceptors (Lipinski definition) is 4. The first-order valence-corrected chi connectivity index (χ1v) is 8.78. The van der Waals surface area contributed by atoms with Crippen molar-refractivity contribution in [1.29, 1.82) is 0 Å². The van der Waals surface area contributed by atoms with E-state index in [0.29, 0.717) is 18.3 Å². The lowest BCUT2D eigenvalue weighted by molar-refractivity contribution is -0.143. The zero-order valence-corrected chi connectivity index (χ0v) is 14.6. The van der Waals surface area contributed by atoms with Crippen molar-refractivity contribution >= 4 is 23.2 Å². The third-order valence-corrected chi connectivity index (χ3v) is 5.20. The summed E-state index contributed by atoms with van der Waals surface area (Å²) in [7, 11) is 1.36. The molecule has 2 rings (SSSR count). The number of nitrogens with one attached hydrogen (secondary N) is 1. The van der Waals surface area contributed by atoms with Gasteiger partial charge in [0, 0.05) is 10.3 Å². The number of carbonyl (C=O) groups is 2. The SMILES string of the molecule is COC(=O)[C@@H](CC(C)C)NC(=O)c1csc2c1CC[C@H](C)C2. The number of amides is 1. The molecule has 22 heavy (non-hydrogen) atoms. The second kappa shape index (κ2) is 7.27. The lowest BCUT2D eigenvalue weighted by Gasteiger charge is -2.21. The topological polar surface area (TPSA) is 55.4 Å². The van der Waals surface area contributed by atoms with Crippen LogP contribution in [-0.2, 0) is 22.4 Å². The zero-order valence-electron chi connectivity index (χ0n) is 13.8. The molecular weight excluding hydrogens is 298 g/mol. The van der Waals surface area contributed by atoms with E-state index in [-0.39, 0.29) is 11.9 Å². The van der Waals surface area contributed by atoms with Crippen molar-refractivity contribution in [3.8, 4) is 0 Å². The van der Waals surface area contributed by atoms with Gasteiger partial charge in [0.05, 0.1) is 12.7 Å². The molecule has 1 aromatic heterocycles. The van der Waals surface area contributed by atoms with Crippen molar-refractivity contribution in [2.45, 2.75) is 52.5 Å². The fourth-order valence-electron chi connectivity index (χ4n) is 2.93. The van der Waals surface area contributed by atoms with Crippen LogP contribution in [0.15, 0.2) is 5.38 Å². The first-order valence-electron chi connectivity index (χ1n) is 7.90. The van der Waals surface area contributed by atoms with E-state index >= 15 is 0 Å². The van der Waals surface area contributed by atoms with E-state index < -0.39 is 6.04 Å². The molecule has 0 spiro atoms. The van der Waals surface area contributed by atoms with E-state index in [4.69, 9.17) is 4.74 Å². The van der Waals surface area contributed by atoms with Crippen molar-refractivity contribution < 1.29 is 14.3 Å². The van der Waals surface area contributed by atoms with Crippen LogP contribution in [0.25, 0.3) is 0 Å². The van der Waals surface area contributed by atoms with Crippen molar-refractivity contribution in [2.75, 3.05) is 7.11 Å². The molecule has 0 fully saturated rings. The molecule has 1 N–H and O–H groups in total. The molecule has 0 radical (unpaired) electrons. The monoisotopic (exact) mass is 323 g/mol. The summed E-state index contributed by atoms with van der Waals surface area (Å²) in [6.07, 6.45) is 3.72. The van der Waals surface area contributed by atoms with Crippen molar-refractivity contribution in [2.24, 2.45) is 11.8 Å². The molecule has 0 saturated carbocycles. The fraction of sp³-hybridized carbons (Fsp3) is 0.647. The highest BCUT2D eigenvalue weighted by molar-refractivity contribution is 7.10. The van der Waals surface area contributed by atoms with E-state index in [1.54, 1.807) is 11.3 Å². The Labute approximate surface area is 136 Å². The minimum Gasteiger partial charge on any atom is -0.467 e. The van der Waals surface area contributed by atoms with Gasteiger partial charge in [-0.05, 0) is 43.1 Å². The number of rotatable bonds is 5. The highest BCUT2D eigenvalue weighted by Gasteiger charge is 2.27. The number of fused-ring (bicyclic) bond motifs is 1. The Morgan fingerprint density at radius 1 is 1.45 bits per heavy atom. The number of thiophene rings is 1.